The Morgan fingerprint density at radius 1 is 1.38 bits per heavy atom. The quantitative estimate of drug-likeness (QED) is 0.623. The van der Waals surface area contributed by atoms with Crippen LogP contribution >= 0.6 is 11.3 Å². The van der Waals surface area contributed by atoms with Gasteiger partial charge in [0.25, 0.3) is 0 Å². The Balaban J connectivity index is 2.44. The molecule has 0 radical (unpaired) electrons. The van der Waals surface area contributed by atoms with Gasteiger partial charge in [0.05, 0.1) is 11.5 Å². The van der Waals surface area contributed by atoms with E-state index < -0.39 is 10.0 Å². The van der Waals surface area contributed by atoms with Crippen molar-refractivity contribution in [1.29, 1.82) is 0 Å². The van der Waals surface area contributed by atoms with Gasteiger partial charge in [0, 0.05) is 43.5 Å². The van der Waals surface area contributed by atoms with E-state index in [9.17, 15) is 8.42 Å². The van der Waals surface area contributed by atoms with Crippen LogP contribution in [-0.2, 0) is 21.3 Å². The van der Waals surface area contributed by atoms with Gasteiger partial charge in [-0.25, -0.2) is 13.1 Å². The number of sulfonamides is 1. The van der Waals surface area contributed by atoms with E-state index in [1.807, 2.05) is 18.9 Å². The number of methoxy groups -OCH3 is 1. The summed E-state index contributed by atoms with van der Waals surface area (Å²) in [5.74, 6) is 0. The van der Waals surface area contributed by atoms with Crippen molar-refractivity contribution < 1.29 is 13.2 Å². The van der Waals surface area contributed by atoms with Gasteiger partial charge in [-0.15, -0.1) is 11.3 Å². The molecule has 0 unspecified atom stereocenters. The number of likely N-dealkylation sites (N-methyl/N-ethyl adjacent to an activating group) is 1. The molecule has 0 aromatic carbocycles. The summed E-state index contributed by atoms with van der Waals surface area (Å²) in [4.78, 5) is 3.39. The highest BCUT2D eigenvalue weighted by molar-refractivity contribution is 7.89. The molecule has 0 saturated heterocycles. The lowest BCUT2D eigenvalue weighted by Gasteiger charge is -2.15. The van der Waals surface area contributed by atoms with Crippen molar-refractivity contribution in [2.45, 2.75) is 18.4 Å². The third kappa shape index (κ3) is 6.86. The fraction of sp³-hybridized carbons (Fsp3) is 0.692. The van der Waals surface area contributed by atoms with Crippen LogP contribution < -0.4 is 10.0 Å². The van der Waals surface area contributed by atoms with Gasteiger partial charge < -0.3 is 15.0 Å². The largest absolute Gasteiger partial charge is 0.383 e. The number of thiophene rings is 1. The molecule has 0 aliphatic rings. The van der Waals surface area contributed by atoms with Gasteiger partial charge in [0.1, 0.15) is 0 Å². The van der Waals surface area contributed by atoms with Gasteiger partial charge in [-0.3, -0.25) is 0 Å². The van der Waals surface area contributed by atoms with Gasteiger partial charge in [-0.2, -0.15) is 0 Å². The fourth-order valence-corrected chi connectivity index (χ4v) is 3.92. The number of nitrogens with zero attached hydrogens (tertiary/aromatic N) is 1. The molecule has 0 amide bonds. The first-order chi connectivity index (χ1) is 9.99. The Morgan fingerprint density at radius 2 is 2.14 bits per heavy atom. The number of rotatable bonds is 11. The Morgan fingerprint density at radius 3 is 2.81 bits per heavy atom. The lowest BCUT2D eigenvalue weighted by molar-refractivity contribution is 0.162. The number of ether oxygens (including phenoxy) is 1. The van der Waals surface area contributed by atoms with Gasteiger partial charge in [-0.05, 0) is 19.7 Å². The summed E-state index contributed by atoms with van der Waals surface area (Å²) in [6.45, 7) is 6.05. The van der Waals surface area contributed by atoms with Crippen LogP contribution in [0.5, 0.6) is 0 Å². The second kappa shape index (κ2) is 9.50. The van der Waals surface area contributed by atoms with E-state index in [1.165, 1.54) is 11.3 Å². The molecule has 0 saturated carbocycles. The highest BCUT2D eigenvalue weighted by Gasteiger charge is 2.15. The predicted molar refractivity (Wildman–Crippen MR) is 86.3 cm³/mol. The van der Waals surface area contributed by atoms with Gasteiger partial charge >= 0.3 is 0 Å². The minimum Gasteiger partial charge on any atom is -0.383 e. The summed E-state index contributed by atoms with van der Waals surface area (Å²) in [7, 11) is 0.182. The SMILES string of the molecule is CCNCc1cc(S(=O)(=O)NCCN(C)CCOC)cs1. The number of hydrogen-bond acceptors (Lipinski definition) is 6. The topological polar surface area (TPSA) is 70.7 Å². The highest BCUT2D eigenvalue weighted by atomic mass is 32.2. The lowest BCUT2D eigenvalue weighted by Crippen LogP contribution is -2.34. The molecular weight excluding hydrogens is 310 g/mol. The van der Waals surface area contributed by atoms with Crippen molar-refractivity contribution in [3.8, 4) is 0 Å². The van der Waals surface area contributed by atoms with Crippen molar-refractivity contribution in [2.24, 2.45) is 0 Å². The molecule has 0 fully saturated rings. The van der Waals surface area contributed by atoms with Crippen molar-refractivity contribution in [1.82, 2.24) is 14.9 Å². The van der Waals surface area contributed by atoms with Crippen LogP contribution in [0.1, 0.15) is 11.8 Å². The molecule has 21 heavy (non-hydrogen) atoms. The van der Waals surface area contributed by atoms with Crippen molar-refractivity contribution in [3.05, 3.63) is 16.3 Å². The van der Waals surface area contributed by atoms with E-state index >= 15 is 0 Å². The Labute approximate surface area is 131 Å². The molecule has 2 N–H and O–H groups in total. The number of hydrogen-bond donors (Lipinski definition) is 2. The zero-order chi connectivity index (χ0) is 15.7. The fourth-order valence-electron chi connectivity index (χ4n) is 1.66. The van der Waals surface area contributed by atoms with Crippen LogP contribution in [0.4, 0.5) is 0 Å². The third-order valence-corrected chi connectivity index (χ3v) is 5.48. The van der Waals surface area contributed by atoms with Crippen LogP contribution in [0.25, 0.3) is 0 Å². The molecule has 122 valence electrons. The molecular formula is C13H25N3O3S2. The summed E-state index contributed by atoms with van der Waals surface area (Å²) in [5, 5.41) is 4.87. The molecule has 0 atom stereocenters. The zero-order valence-electron chi connectivity index (χ0n) is 12.9. The summed E-state index contributed by atoms with van der Waals surface area (Å²) < 4.78 is 31.9. The van der Waals surface area contributed by atoms with E-state index in [0.717, 1.165) is 18.0 Å². The molecule has 6 nitrogen and oxygen atoms in total. The molecule has 0 aliphatic carbocycles. The molecule has 8 heteroatoms. The van der Waals surface area contributed by atoms with E-state index in [4.69, 9.17) is 4.74 Å². The maximum absolute atomic E-state index is 12.1. The standard InChI is InChI=1S/C13H25N3O3S2/c1-4-14-10-12-9-13(11-20-12)21(17,18)15-5-6-16(2)7-8-19-3/h9,11,14-15H,4-8,10H2,1-3H3. The second-order valence-electron chi connectivity index (χ2n) is 4.72. The first-order valence-corrected chi connectivity index (χ1v) is 9.31. The maximum Gasteiger partial charge on any atom is 0.241 e. The Hall–Kier alpha value is -0.510. The van der Waals surface area contributed by atoms with Crippen LogP contribution in [0.15, 0.2) is 16.3 Å². The van der Waals surface area contributed by atoms with E-state index in [1.54, 1.807) is 18.6 Å². The van der Waals surface area contributed by atoms with Crippen LogP contribution in [0.2, 0.25) is 0 Å². The minimum absolute atomic E-state index is 0.347. The second-order valence-corrected chi connectivity index (χ2v) is 7.49. The van der Waals surface area contributed by atoms with Gasteiger partial charge in [0.2, 0.25) is 10.0 Å². The van der Waals surface area contributed by atoms with Gasteiger partial charge in [0.15, 0.2) is 0 Å². The molecule has 1 rings (SSSR count). The average molecular weight is 335 g/mol. The smallest absolute Gasteiger partial charge is 0.241 e. The van der Waals surface area contributed by atoms with Crippen molar-refractivity contribution in [3.63, 3.8) is 0 Å². The summed E-state index contributed by atoms with van der Waals surface area (Å²) >= 11 is 1.46. The summed E-state index contributed by atoms with van der Waals surface area (Å²) in [6, 6.07) is 1.73. The summed E-state index contributed by atoms with van der Waals surface area (Å²) in [5.41, 5.74) is 0. The molecule has 1 aromatic rings. The first-order valence-electron chi connectivity index (χ1n) is 6.95. The van der Waals surface area contributed by atoms with E-state index in [0.29, 0.717) is 31.1 Å². The van der Waals surface area contributed by atoms with Gasteiger partial charge in [-0.1, -0.05) is 6.92 Å². The predicted octanol–water partition coefficient (Wildman–Crippen LogP) is 0.714. The maximum atomic E-state index is 12.1. The van der Waals surface area contributed by atoms with E-state index in [-0.39, 0.29) is 0 Å². The first kappa shape index (κ1) is 18.5. The number of nitrogens with one attached hydrogen (secondary N) is 2. The van der Waals surface area contributed by atoms with Crippen LogP contribution in [0, 0.1) is 0 Å². The van der Waals surface area contributed by atoms with Crippen molar-refractivity contribution in [2.75, 3.05) is 46.9 Å². The third-order valence-electron chi connectivity index (χ3n) is 2.95. The summed E-state index contributed by atoms with van der Waals surface area (Å²) in [6.07, 6.45) is 0. The minimum atomic E-state index is -3.41. The molecule has 0 spiro atoms. The highest BCUT2D eigenvalue weighted by Crippen LogP contribution is 2.18. The average Bonchev–Trinajstić information content (AvgIpc) is 2.92. The normalized spacial score (nSPS) is 12.2. The van der Waals surface area contributed by atoms with Crippen LogP contribution in [-0.4, -0.2) is 60.3 Å². The molecule has 0 aliphatic heterocycles. The zero-order valence-corrected chi connectivity index (χ0v) is 14.5. The van der Waals surface area contributed by atoms with E-state index in [2.05, 4.69) is 10.0 Å². The molecule has 1 heterocycles. The lowest BCUT2D eigenvalue weighted by atomic mass is 10.4. The molecule has 1 aromatic heterocycles. The Kier molecular flexibility index (Phi) is 8.38. The monoisotopic (exact) mass is 335 g/mol. The Bertz CT molecular complexity index is 503. The molecule has 0 bridgehead atoms. The van der Waals surface area contributed by atoms with Crippen LogP contribution in [0.3, 0.4) is 0 Å². The van der Waals surface area contributed by atoms with Crippen molar-refractivity contribution >= 4 is 21.4 Å².